The molecule has 1 atom stereocenters. The van der Waals surface area contributed by atoms with Crippen molar-refractivity contribution in [3.63, 3.8) is 0 Å². The average Bonchev–Trinajstić information content (AvgIpc) is 2.86. The van der Waals surface area contributed by atoms with Gasteiger partial charge in [0.05, 0.1) is 11.9 Å². The monoisotopic (exact) mass is 309 g/mol. The molecule has 0 saturated carbocycles. The normalized spacial score (nSPS) is 13.0. The lowest BCUT2D eigenvalue weighted by atomic mass is 10.1. The van der Waals surface area contributed by atoms with Crippen molar-refractivity contribution in [1.82, 2.24) is 14.9 Å². The first-order valence-corrected chi connectivity index (χ1v) is 7.67. The number of sulfonamides is 1. The van der Waals surface area contributed by atoms with Crippen LogP contribution in [0.15, 0.2) is 41.4 Å². The van der Waals surface area contributed by atoms with Gasteiger partial charge in [0.15, 0.2) is 0 Å². The van der Waals surface area contributed by atoms with Crippen molar-refractivity contribution in [2.45, 2.75) is 24.3 Å². The predicted octanol–water partition coefficient (Wildman–Crippen LogP) is 0.692. The van der Waals surface area contributed by atoms with E-state index in [0.717, 1.165) is 11.8 Å². The van der Waals surface area contributed by atoms with Crippen molar-refractivity contribution in [2.75, 3.05) is 0 Å². The smallest absolute Gasteiger partial charge is 0.322 e. The molecular weight excluding hydrogens is 294 g/mol. The number of aromatic amines is 1. The second-order valence-corrected chi connectivity index (χ2v) is 6.24. The Bertz CT molecular complexity index is 725. The zero-order chi connectivity index (χ0) is 15.5. The molecule has 0 amide bonds. The van der Waals surface area contributed by atoms with E-state index in [2.05, 4.69) is 14.9 Å². The van der Waals surface area contributed by atoms with Gasteiger partial charge in [-0.3, -0.25) is 9.89 Å². The molecular formula is C13H15N3O4S. The Morgan fingerprint density at radius 3 is 2.57 bits per heavy atom. The Hall–Kier alpha value is -2.19. The molecule has 1 aromatic carbocycles. The molecule has 0 fully saturated rings. The number of carboxylic acids is 1. The third-order valence-corrected chi connectivity index (χ3v) is 4.54. The van der Waals surface area contributed by atoms with Crippen LogP contribution in [0.25, 0.3) is 0 Å². The van der Waals surface area contributed by atoms with E-state index < -0.39 is 22.0 Å². The molecule has 0 saturated heterocycles. The third-order valence-electron chi connectivity index (χ3n) is 2.95. The number of aliphatic carboxylic acids is 1. The summed E-state index contributed by atoms with van der Waals surface area (Å²) in [7, 11) is -3.94. The molecule has 21 heavy (non-hydrogen) atoms. The summed E-state index contributed by atoms with van der Waals surface area (Å²) < 4.78 is 26.6. The molecule has 0 radical (unpaired) electrons. The van der Waals surface area contributed by atoms with Crippen LogP contribution in [0.5, 0.6) is 0 Å². The largest absolute Gasteiger partial charge is 0.480 e. The van der Waals surface area contributed by atoms with Gasteiger partial charge in [0.25, 0.3) is 0 Å². The van der Waals surface area contributed by atoms with Crippen LogP contribution in [-0.4, -0.2) is 35.7 Å². The lowest BCUT2D eigenvalue weighted by molar-refractivity contribution is -0.138. The molecule has 0 aliphatic heterocycles. The van der Waals surface area contributed by atoms with Crippen molar-refractivity contribution in [2.24, 2.45) is 0 Å². The minimum Gasteiger partial charge on any atom is -0.480 e. The summed E-state index contributed by atoms with van der Waals surface area (Å²) in [5.41, 5.74) is 1.09. The number of benzene rings is 1. The highest BCUT2D eigenvalue weighted by molar-refractivity contribution is 7.89. The Morgan fingerprint density at radius 2 is 2.05 bits per heavy atom. The number of nitrogens with one attached hydrogen (secondary N) is 2. The van der Waals surface area contributed by atoms with E-state index in [1.807, 2.05) is 0 Å². The van der Waals surface area contributed by atoms with E-state index in [4.69, 9.17) is 0 Å². The fourth-order valence-electron chi connectivity index (χ4n) is 1.89. The topological polar surface area (TPSA) is 112 Å². The first-order valence-electron chi connectivity index (χ1n) is 6.19. The highest BCUT2D eigenvalue weighted by atomic mass is 32.2. The Kier molecular flexibility index (Phi) is 4.39. The van der Waals surface area contributed by atoms with E-state index in [-0.39, 0.29) is 11.3 Å². The Balaban J connectivity index is 2.21. The summed E-state index contributed by atoms with van der Waals surface area (Å²) in [4.78, 5) is 11.2. The van der Waals surface area contributed by atoms with Gasteiger partial charge in [-0.05, 0) is 18.9 Å². The molecule has 1 heterocycles. The lowest BCUT2D eigenvalue weighted by Gasteiger charge is -2.14. The van der Waals surface area contributed by atoms with Crippen molar-refractivity contribution >= 4 is 16.0 Å². The molecule has 2 rings (SSSR count). The van der Waals surface area contributed by atoms with Crippen LogP contribution in [0.1, 0.15) is 11.3 Å². The number of carbonyl (C=O) groups is 1. The second kappa shape index (κ2) is 6.06. The zero-order valence-electron chi connectivity index (χ0n) is 11.3. The lowest BCUT2D eigenvalue weighted by Crippen LogP contribution is -2.42. The summed E-state index contributed by atoms with van der Waals surface area (Å²) in [5, 5.41) is 15.4. The van der Waals surface area contributed by atoms with E-state index in [9.17, 15) is 18.3 Å². The van der Waals surface area contributed by atoms with Gasteiger partial charge < -0.3 is 5.11 Å². The van der Waals surface area contributed by atoms with Crippen LogP contribution in [0.4, 0.5) is 0 Å². The van der Waals surface area contributed by atoms with Gasteiger partial charge in [-0.2, -0.15) is 9.82 Å². The predicted molar refractivity (Wildman–Crippen MR) is 75.2 cm³/mol. The third kappa shape index (κ3) is 3.67. The number of H-pyrrole nitrogens is 1. The van der Waals surface area contributed by atoms with Crippen molar-refractivity contribution in [3.05, 3.63) is 47.8 Å². The first kappa shape index (κ1) is 15.2. The van der Waals surface area contributed by atoms with E-state index in [1.165, 1.54) is 0 Å². The van der Waals surface area contributed by atoms with E-state index in [0.29, 0.717) is 5.69 Å². The maximum Gasteiger partial charge on any atom is 0.322 e. The maximum absolute atomic E-state index is 12.2. The Morgan fingerprint density at radius 1 is 1.38 bits per heavy atom. The number of hydrogen-bond donors (Lipinski definition) is 3. The molecule has 1 aromatic heterocycles. The number of nitrogens with zero attached hydrogens (tertiary/aromatic N) is 1. The van der Waals surface area contributed by atoms with E-state index in [1.54, 1.807) is 37.3 Å². The fourth-order valence-corrected chi connectivity index (χ4v) is 3.22. The number of hydrogen-bond acceptors (Lipinski definition) is 4. The molecule has 0 aliphatic rings. The van der Waals surface area contributed by atoms with Gasteiger partial charge in [0, 0.05) is 0 Å². The number of rotatable bonds is 6. The van der Waals surface area contributed by atoms with E-state index >= 15 is 0 Å². The van der Waals surface area contributed by atoms with Gasteiger partial charge in [-0.25, -0.2) is 8.42 Å². The first-order chi connectivity index (χ1) is 9.90. The molecule has 8 heteroatoms. The standard InChI is InChI=1S/C13H15N3O4S/c1-9-12(8-14-15-9)21(19,20)16-11(13(17)18)7-10-5-3-2-4-6-10/h2-6,8,11,16H,7H2,1H3,(H,14,15)(H,17,18)/t11-/m1/s1. The molecule has 112 valence electrons. The zero-order valence-corrected chi connectivity index (χ0v) is 12.1. The number of aryl methyl sites for hydroxylation is 1. The molecule has 2 aromatic rings. The van der Waals surface area contributed by atoms with Crippen LogP contribution in [0.3, 0.4) is 0 Å². The van der Waals surface area contributed by atoms with Gasteiger partial charge in [-0.15, -0.1) is 0 Å². The minimum absolute atomic E-state index is 0.0539. The number of aromatic nitrogens is 2. The molecule has 3 N–H and O–H groups in total. The summed E-state index contributed by atoms with van der Waals surface area (Å²) in [6.07, 6.45) is 1.21. The van der Waals surface area contributed by atoms with Crippen LogP contribution in [-0.2, 0) is 21.2 Å². The molecule has 0 unspecified atom stereocenters. The summed E-state index contributed by atoms with van der Waals surface area (Å²) in [6, 6.07) is 7.58. The quantitative estimate of drug-likeness (QED) is 0.727. The molecule has 0 bridgehead atoms. The highest BCUT2D eigenvalue weighted by Gasteiger charge is 2.27. The molecule has 0 aliphatic carbocycles. The average molecular weight is 309 g/mol. The second-order valence-electron chi connectivity index (χ2n) is 4.56. The van der Waals surface area contributed by atoms with Crippen LogP contribution < -0.4 is 4.72 Å². The Labute approximate surface area is 122 Å². The van der Waals surface area contributed by atoms with Crippen LogP contribution in [0.2, 0.25) is 0 Å². The minimum atomic E-state index is -3.94. The summed E-state index contributed by atoms with van der Waals surface area (Å²) in [5.74, 6) is -1.23. The summed E-state index contributed by atoms with van der Waals surface area (Å²) in [6.45, 7) is 1.55. The number of carboxylic acid groups (broad SMARTS) is 1. The van der Waals surface area contributed by atoms with Gasteiger partial charge in [0.1, 0.15) is 10.9 Å². The maximum atomic E-state index is 12.2. The molecule has 0 spiro atoms. The SMILES string of the molecule is Cc1[nH]ncc1S(=O)(=O)N[C@H](Cc1ccccc1)C(=O)O. The van der Waals surface area contributed by atoms with Gasteiger partial charge >= 0.3 is 5.97 Å². The van der Waals surface area contributed by atoms with Crippen LogP contribution >= 0.6 is 0 Å². The van der Waals surface area contributed by atoms with Gasteiger partial charge in [0.2, 0.25) is 10.0 Å². The highest BCUT2D eigenvalue weighted by Crippen LogP contribution is 2.13. The van der Waals surface area contributed by atoms with Crippen molar-refractivity contribution in [1.29, 1.82) is 0 Å². The fraction of sp³-hybridized carbons (Fsp3) is 0.231. The summed E-state index contributed by atoms with van der Waals surface area (Å²) >= 11 is 0. The van der Waals surface area contributed by atoms with Gasteiger partial charge in [-0.1, -0.05) is 30.3 Å². The van der Waals surface area contributed by atoms with Crippen molar-refractivity contribution < 1.29 is 18.3 Å². The van der Waals surface area contributed by atoms with Crippen LogP contribution in [0, 0.1) is 6.92 Å². The van der Waals surface area contributed by atoms with Crippen molar-refractivity contribution in [3.8, 4) is 0 Å². The molecule has 7 nitrogen and oxygen atoms in total.